The number of methoxy groups -OCH3 is 1. The van der Waals surface area contributed by atoms with Gasteiger partial charge in [0.2, 0.25) is 0 Å². The summed E-state index contributed by atoms with van der Waals surface area (Å²) in [6.45, 7) is 4.24. The molecule has 3 aromatic carbocycles. The van der Waals surface area contributed by atoms with E-state index in [2.05, 4.69) is 24.5 Å². The molecular formula is C29H28FN3O2S. The van der Waals surface area contributed by atoms with Crippen LogP contribution in [0.1, 0.15) is 38.3 Å². The number of Topliss-reactive ketones (excluding diaryl/α,β-unsaturated/α-hetero) is 1. The lowest BCUT2D eigenvalue weighted by Crippen LogP contribution is -2.41. The molecule has 5 nitrogen and oxygen atoms in total. The summed E-state index contributed by atoms with van der Waals surface area (Å²) in [6, 6.07) is 21.2. The summed E-state index contributed by atoms with van der Waals surface area (Å²) in [7, 11) is 1.63. The maximum Gasteiger partial charge on any atom is 0.178 e. The summed E-state index contributed by atoms with van der Waals surface area (Å²) in [4.78, 5) is 15.8. The Labute approximate surface area is 216 Å². The number of allylic oxidation sites excluding steroid dienone is 1. The minimum absolute atomic E-state index is 0.0944. The van der Waals surface area contributed by atoms with Crippen molar-refractivity contribution in [2.45, 2.75) is 32.7 Å². The molecule has 0 aromatic heterocycles. The van der Waals surface area contributed by atoms with Crippen LogP contribution in [-0.4, -0.2) is 18.0 Å². The van der Waals surface area contributed by atoms with Gasteiger partial charge in [-0.05, 0) is 78.1 Å². The third kappa shape index (κ3) is 4.58. The molecular weight excluding hydrogens is 473 g/mol. The minimum Gasteiger partial charge on any atom is -0.497 e. The molecule has 0 saturated carbocycles. The number of halogens is 1. The first-order valence-electron chi connectivity index (χ1n) is 11.9. The number of nitrogens with zero attached hydrogens (tertiary/aromatic N) is 1. The van der Waals surface area contributed by atoms with Crippen LogP contribution in [-0.2, 0) is 4.79 Å². The standard InChI is InChI=1S/C29H28FN3O2S/c1-29(2)16-23-26(25(34)17-29)27(18-8-14-21(35-3)15-9-18)33(24-7-5-4-6-22(24)32-23)28(36)31-20-12-10-19(30)11-13-20/h4-15,27,32H,16-17H2,1-3H3,(H,31,36)/t27-/m0/s1. The second kappa shape index (κ2) is 9.39. The summed E-state index contributed by atoms with van der Waals surface area (Å²) in [5, 5.41) is 7.25. The molecule has 1 aliphatic carbocycles. The summed E-state index contributed by atoms with van der Waals surface area (Å²) >= 11 is 5.96. The lowest BCUT2D eigenvalue weighted by Gasteiger charge is -2.38. The van der Waals surface area contributed by atoms with Crippen molar-refractivity contribution in [3.8, 4) is 5.75 Å². The number of carbonyl (C=O) groups is 1. The number of hydrogen-bond acceptors (Lipinski definition) is 4. The van der Waals surface area contributed by atoms with Crippen molar-refractivity contribution in [1.29, 1.82) is 0 Å². The first kappa shape index (κ1) is 24.0. The van der Waals surface area contributed by atoms with Crippen LogP contribution in [0.2, 0.25) is 0 Å². The topological polar surface area (TPSA) is 53.6 Å². The maximum absolute atomic E-state index is 13.8. The maximum atomic E-state index is 13.8. The van der Waals surface area contributed by atoms with Gasteiger partial charge in [0.25, 0.3) is 0 Å². The van der Waals surface area contributed by atoms with Gasteiger partial charge in [0.05, 0.1) is 24.5 Å². The molecule has 2 N–H and O–H groups in total. The van der Waals surface area contributed by atoms with E-state index in [1.807, 2.05) is 53.4 Å². The number of ether oxygens (including phenoxy) is 1. The highest BCUT2D eigenvalue weighted by Crippen LogP contribution is 2.48. The summed E-state index contributed by atoms with van der Waals surface area (Å²) in [6.07, 6.45) is 1.18. The monoisotopic (exact) mass is 501 g/mol. The van der Waals surface area contributed by atoms with Gasteiger partial charge < -0.3 is 20.3 Å². The molecule has 0 radical (unpaired) electrons. The van der Waals surface area contributed by atoms with Gasteiger partial charge in [-0.1, -0.05) is 38.1 Å². The molecule has 1 heterocycles. The Morgan fingerprint density at radius 1 is 1.06 bits per heavy atom. The third-order valence-electron chi connectivity index (χ3n) is 6.65. The average molecular weight is 502 g/mol. The van der Waals surface area contributed by atoms with Crippen LogP contribution in [0, 0.1) is 11.2 Å². The molecule has 0 saturated heterocycles. The fraction of sp³-hybridized carbons (Fsp3) is 0.241. The molecule has 7 heteroatoms. The second-order valence-corrected chi connectivity index (χ2v) is 10.3. The van der Waals surface area contributed by atoms with Crippen molar-refractivity contribution in [3.63, 3.8) is 0 Å². The lowest BCUT2D eigenvalue weighted by atomic mass is 9.73. The van der Waals surface area contributed by atoms with Gasteiger partial charge in [0.15, 0.2) is 10.9 Å². The number of rotatable bonds is 3. The van der Waals surface area contributed by atoms with E-state index in [0.717, 1.165) is 34.8 Å². The van der Waals surface area contributed by atoms with Gasteiger partial charge in [-0.2, -0.15) is 0 Å². The Bertz CT molecular complexity index is 1350. The van der Waals surface area contributed by atoms with Gasteiger partial charge in [-0.15, -0.1) is 0 Å². The van der Waals surface area contributed by atoms with Crippen LogP contribution in [0.25, 0.3) is 0 Å². The van der Waals surface area contributed by atoms with Crippen molar-refractivity contribution in [3.05, 3.63) is 95.4 Å². The molecule has 0 amide bonds. The number of thiocarbonyl (C=S) groups is 1. The van der Waals surface area contributed by atoms with E-state index in [1.54, 1.807) is 19.2 Å². The average Bonchev–Trinajstić information content (AvgIpc) is 2.99. The van der Waals surface area contributed by atoms with Crippen molar-refractivity contribution < 1.29 is 13.9 Å². The van der Waals surface area contributed by atoms with Gasteiger partial charge in [-0.25, -0.2) is 4.39 Å². The van der Waals surface area contributed by atoms with Crippen LogP contribution < -0.4 is 20.3 Å². The number of anilines is 3. The van der Waals surface area contributed by atoms with Crippen molar-refractivity contribution in [2.75, 3.05) is 22.6 Å². The normalized spacial score (nSPS) is 18.5. The van der Waals surface area contributed by atoms with Gasteiger partial charge in [-0.3, -0.25) is 4.79 Å². The molecule has 36 heavy (non-hydrogen) atoms. The smallest absolute Gasteiger partial charge is 0.178 e. The van der Waals surface area contributed by atoms with E-state index in [4.69, 9.17) is 17.0 Å². The van der Waals surface area contributed by atoms with E-state index in [1.165, 1.54) is 12.1 Å². The summed E-state index contributed by atoms with van der Waals surface area (Å²) < 4.78 is 18.9. The third-order valence-corrected chi connectivity index (χ3v) is 6.95. The molecule has 2 aliphatic rings. The molecule has 0 unspecified atom stereocenters. The SMILES string of the molecule is COc1ccc([C@H]2C3=C(CC(C)(C)CC3=O)Nc3ccccc3N2C(=S)Nc2ccc(F)cc2)cc1. The van der Waals surface area contributed by atoms with E-state index in [0.29, 0.717) is 22.8 Å². The highest BCUT2D eigenvalue weighted by Gasteiger charge is 2.42. The summed E-state index contributed by atoms with van der Waals surface area (Å²) in [5.41, 5.74) is 4.75. The van der Waals surface area contributed by atoms with E-state index in [9.17, 15) is 9.18 Å². The Morgan fingerprint density at radius 2 is 1.75 bits per heavy atom. The van der Waals surface area contributed by atoms with Crippen LogP contribution >= 0.6 is 12.2 Å². The quantitative estimate of drug-likeness (QED) is 0.383. The number of hydrogen-bond donors (Lipinski definition) is 2. The molecule has 0 fully saturated rings. The number of fused-ring (bicyclic) bond motifs is 1. The van der Waals surface area contributed by atoms with Crippen molar-refractivity contribution in [2.24, 2.45) is 5.41 Å². The first-order valence-corrected chi connectivity index (χ1v) is 12.3. The van der Waals surface area contributed by atoms with Crippen LogP contribution in [0.3, 0.4) is 0 Å². The largest absolute Gasteiger partial charge is 0.497 e. The van der Waals surface area contributed by atoms with E-state index >= 15 is 0 Å². The number of nitrogens with one attached hydrogen (secondary N) is 2. The zero-order valence-corrected chi connectivity index (χ0v) is 21.3. The molecule has 3 aromatic rings. The molecule has 5 rings (SSSR count). The Hall–Kier alpha value is -3.71. The molecule has 184 valence electrons. The number of benzene rings is 3. The first-order chi connectivity index (χ1) is 17.3. The number of ketones is 1. The second-order valence-electron chi connectivity index (χ2n) is 9.96. The Morgan fingerprint density at radius 3 is 2.44 bits per heavy atom. The summed E-state index contributed by atoms with van der Waals surface area (Å²) in [5.74, 6) is 0.504. The van der Waals surface area contributed by atoms with Crippen molar-refractivity contribution >= 4 is 40.2 Å². The van der Waals surface area contributed by atoms with Gasteiger partial charge >= 0.3 is 0 Å². The van der Waals surface area contributed by atoms with Gasteiger partial charge in [0, 0.05) is 23.4 Å². The lowest BCUT2D eigenvalue weighted by molar-refractivity contribution is -0.118. The molecule has 0 bridgehead atoms. The zero-order valence-electron chi connectivity index (χ0n) is 20.5. The Balaban J connectivity index is 1.70. The zero-order chi connectivity index (χ0) is 25.4. The van der Waals surface area contributed by atoms with E-state index < -0.39 is 6.04 Å². The fourth-order valence-corrected chi connectivity index (χ4v) is 5.35. The van der Waals surface area contributed by atoms with E-state index in [-0.39, 0.29) is 17.0 Å². The van der Waals surface area contributed by atoms with Gasteiger partial charge in [0.1, 0.15) is 11.6 Å². The number of carbonyl (C=O) groups excluding carboxylic acids is 1. The predicted molar refractivity (Wildman–Crippen MR) is 146 cm³/mol. The number of para-hydroxylation sites is 2. The van der Waals surface area contributed by atoms with Crippen LogP contribution in [0.15, 0.2) is 84.1 Å². The molecule has 0 spiro atoms. The minimum atomic E-state index is -0.467. The molecule has 1 aliphatic heterocycles. The predicted octanol–water partition coefficient (Wildman–Crippen LogP) is 6.85. The Kier molecular flexibility index (Phi) is 6.26. The van der Waals surface area contributed by atoms with Crippen LogP contribution in [0.5, 0.6) is 5.75 Å². The van der Waals surface area contributed by atoms with Crippen LogP contribution in [0.4, 0.5) is 21.5 Å². The highest BCUT2D eigenvalue weighted by atomic mass is 32.1. The fourth-order valence-electron chi connectivity index (χ4n) is 5.03. The van der Waals surface area contributed by atoms with Crippen molar-refractivity contribution in [1.82, 2.24) is 0 Å². The molecule has 1 atom stereocenters. The highest BCUT2D eigenvalue weighted by molar-refractivity contribution is 7.80.